The molecule has 0 fully saturated rings. The monoisotopic (exact) mass is 229 g/mol. The van der Waals surface area contributed by atoms with Gasteiger partial charge in [0.15, 0.2) is 0 Å². The van der Waals surface area contributed by atoms with Crippen LogP contribution in [0.15, 0.2) is 18.3 Å². The predicted molar refractivity (Wildman–Crippen MR) is 48.1 cm³/mol. The largest absolute Gasteiger partial charge is 0.459 e. The van der Waals surface area contributed by atoms with E-state index in [1.165, 1.54) is 0 Å². The van der Waals surface area contributed by atoms with Crippen molar-refractivity contribution in [3.63, 3.8) is 0 Å². The number of hydrogen-bond donors (Lipinski definition) is 0. The van der Waals surface area contributed by atoms with Gasteiger partial charge in [0.05, 0.1) is 12.7 Å². The number of ether oxygens (including phenoxy) is 1. The average molecular weight is 229 g/mol. The van der Waals surface area contributed by atoms with Crippen molar-refractivity contribution in [3.8, 4) is 11.8 Å². The molecule has 6 heteroatoms. The summed E-state index contributed by atoms with van der Waals surface area (Å²) in [5, 5.41) is 0. The second-order valence-corrected chi connectivity index (χ2v) is 2.67. The van der Waals surface area contributed by atoms with Crippen molar-refractivity contribution in [1.29, 1.82) is 0 Å². The summed E-state index contributed by atoms with van der Waals surface area (Å²) < 4.78 is 41.0. The van der Waals surface area contributed by atoms with Crippen LogP contribution in [0.3, 0.4) is 0 Å². The molecule has 0 spiro atoms. The van der Waals surface area contributed by atoms with Gasteiger partial charge in [0.1, 0.15) is 5.69 Å². The molecule has 0 aliphatic carbocycles. The Kier molecular flexibility index (Phi) is 3.51. The van der Waals surface area contributed by atoms with Gasteiger partial charge in [-0.15, -0.1) is 0 Å². The third-order valence-corrected chi connectivity index (χ3v) is 1.57. The number of methoxy groups -OCH3 is 1. The van der Waals surface area contributed by atoms with Crippen molar-refractivity contribution in [2.24, 2.45) is 0 Å². The van der Waals surface area contributed by atoms with Gasteiger partial charge in [-0.3, -0.25) is 0 Å². The highest BCUT2D eigenvalue weighted by atomic mass is 19.4. The van der Waals surface area contributed by atoms with Crippen LogP contribution in [0.25, 0.3) is 0 Å². The lowest BCUT2D eigenvalue weighted by atomic mass is 10.2. The highest BCUT2D eigenvalue weighted by Gasteiger charge is 2.30. The fraction of sp³-hybridized carbons (Fsp3) is 0.200. The van der Waals surface area contributed by atoms with E-state index in [0.717, 1.165) is 25.4 Å². The van der Waals surface area contributed by atoms with E-state index in [2.05, 4.69) is 15.6 Å². The van der Waals surface area contributed by atoms with Gasteiger partial charge in [0, 0.05) is 12.1 Å². The predicted octanol–water partition coefficient (Wildman–Crippen LogP) is 1.62. The number of carbonyl (C=O) groups excluding carboxylic acids is 1. The molecule has 1 aromatic heterocycles. The Bertz CT molecular complexity index is 457. The number of alkyl halides is 3. The van der Waals surface area contributed by atoms with Crippen molar-refractivity contribution >= 4 is 5.97 Å². The molecule has 0 atom stereocenters. The Morgan fingerprint density at radius 3 is 2.75 bits per heavy atom. The van der Waals surface area contributed by atoms with Gasteiger partial charge >= 0.3 is 12.1 Å². The van der Waals surface area contributed by atoms with Crippen LogP contribution in [-0.4, -0.2) is 18.1 Å². The normalized spacial score (nSPS) is 10.2. The van der Waals surface area contributed by atoms with Gasteiger partial charge in [0.25, 0.3) is 0 Å². The molecule has 16 heavy (non-hydrogen) atoms. The Morgan fingerprint density at radius 1 is 1.50 bits per heavy atom. The average Bonchev–Trinajstić information content (AvgIpc) is 2.25. The van der Waals surface area contributed by atoms with Crippen molar-refractivity contribution in [3.05, 3.63) is 29.6 Å². The topological polar surface area (TPSA) is 39.2 Å². The minimum Gasteiger partial charge on any atom is -0.459 e. The minimum absolute atomic E-state index is 0.139. The number of carbonyl (C=O) groups is 1. The first-order chi connectivity index (χ1) is 7.43. The minimum atomic E-state index is -4.45. The molecule has 0 amide bonds. The molecule has 0 aromatic carbocycles. The van der Waals surface area contributed by atoms with Crippen LogP contribution in [0.4, 0.5) is 13.2 Å². The molecule has 0 saturated carbocycles. The van der Waals surface area contributed by atoms with Crippen LogP contribution in [0, 0.1) is 11.8 Å². The maximum atomic E-state index is 12.3. The molecule has 0 aliphatic rings. The number of halogens is 3. The first-order valence-electron chi connectivity index (χ1n) is 4.06. The van der Waals surface area contributed by atoms with Crippen LogP contribution in [0.2, 0.25) is 0 Å². The molecule has 3 nitrogen and oxygen atoms in total. The van der Waals surface area contributed by atoms with E-state index in [4.69, 9.17) is 0 Å². The zero-order valence-electron chi connectivity index (χ0n) is 8.13. The van der Waals surface area contributed by atoms with Gasteiger partial charge in [-0.05, 0) is 18.1 Å². The summed E-state index contributed by atoms with van der Waals surface area (Å²) >= 11 is 0. The maximum Gasteiger partial charge on any atom is 0.416 e. The quantitative estimate of drug-likeness (QED) is 0.501. The first-order valence-corrected chi connectivity index (χ1v) is 4.06. The fourth-order valence-electron chi connectivity index (χ4n) is 0.841. The van der Waals surface area contributed by atoms with Gasteiger partial charge in [-0.1, -0.05) is 0 Å². The highest BCUT2D eigenvalue weighted by molar-refractivity contribution is 5.88. The second kappa shape index (κ2) is 4.66. The van der Waals surface area contributed by atoms with Crippen molar-refractivity contribution in [2.75, 3.05) is 7.11 Å². The number of pyridine rings is 1. The van der Waals surface area contributed by atoms with E-state index in [1.807, 2.05) is 5.92 Å². The van der Waals surface area contributed by atoms with Gasteiger partial charge < -0.3 is 4.74 Å². The summed E-state index contributed by atoms with van der Waals surface area (Å²) in [5.41, 5.74) is -1.00. The number of nitrogens with zero attached hydrogens (tertiary/aromatic N) is 1. The summed E-state index contributed by atoms with van der Waals surface area (Å²) in [6.07, 6.45) is -3.48. The van der Waals surface area contributed by atoms with Crippen molar-refractivity contribution in [2.45, 2.75) is 6.18 Å². The fourth-order valence-corrected chi connectivity index (χ4v) is 0.841. The smallest absolute Gasteiger partial charge is 0.416 e. The number of aromatic nitrogens is 1. The Morgan fingerprint density at radius 2 is 2.19 bits per heavy atom. The SMILES string of the molecule is COC(=O)C#Cc1cc(C(F)(F)F)ccn1. The van der Waals surface area contributed by atoms with Crippen LogP contribution in [0.1, 0.15) is 11.3 Å². The third kappa shape index (κ3) is 3.28. The van der Waals surface area contributed by atoms with Crippen LogP contribution >= 0.6 is 0 Å². The van der Waals surface area contributed by atoms with E-state index >= 15 is 0 Å². The Balaban J connectivity index is 2.99. The molecule has 1 heterocycles. The van der Waals surface area contributed by atoms with E-state index in [9.17, 15) is 18.0 Å². The third-order valence-electron chi connectivity index (χ3n) is 1.57. The van der Waals surface area contributed by atoms with Crippen LogP contribution < -0.4 is 0 Å². The van der Waals surface area contributed by atoms with E-state index in [-0.39, 0.29) is 5.69 Å². The zero-order chi connectivity index (χ0) is 12.2. The first kappa shape index (κ1) is 12.0. The second-order valence-electron chi connectivity index (χ2n) is 2.67. The molecule has 0 saturated heterocycles. The summed E-state index contributed by atoms with van der Waals surface area (Å²) in [5.74, 6) is 3.32. The molecule has 0 aliphatic heterocycles. The molecular weight excluding hydrogens is 223 g/mol. The summed E-state index contributed by atoms with van der Waals surface area (Å²) in [6, 6.07) is 1.58. The lowest BCUT2D eigenvalue weighted by Crippen LogP contribution is -2.05. The summed E-state index contributed by atoms with van der Waals surface area (Å²) in [6.45, 7) is 0. The Labute approximate surface area is 89.2 Å². The van der Waals surface area contributed by atoms with E-state index < -0.39 is 17.7 Å². The van der Waals surface area contributed by atoms with Crippen LogP contribution in [-0.2, 0) is 15.7 Å². The number of esters is 1. The number of rotatable bonds is 0. The van der Waals surface area contributed by atoms with E-state index in [1.54, 1.807) is 0 Å². The van der Waals surface area contributed by atoms with Gasteiger partial charge in [-0.2, -0.15) is 13.2 Å². The lowest BCUT2D eigenvalue weighted by molar-refractivity contribution is -0.137. The van der Waals surface area contributed by atoms with Crippen LogP contribution in [0.5, 0.6) is 0 Å². The molecular formula is C10H6F3NO2. The number of hydrogen-bond acceptors (Lipinski definition) is 3. The van der Waals surface area contributed by atoms with E-state index in [0.29, 0.717) is 0 Å². The molecule has 0 bridgehead atoms. The van der Waals surface area contributed by atoms with Gasteiger partial charge in [-0.25, -0.2) is 9.78 Å². The Hall–Kier alpha value is -2.03. The molecule has 84 valence electrons. The zero-order valence-corrected chi connectivity index (χ0v) is 8.13. The van der Waals surface area contributed by atoms with Crippen molar-refractivity contribution in [1.82, 2.24) is 4.98 Å². The molecule has 0 N–H and O–H groups in total. The molecule has 0 unspecified atom stereocenters. The molecule has 1 rings (SSSR count). The van der Waals surface area contributed by atoms with Crippen molar-refractivity contribution < 1.29 is 22.7 Å². The highest BCUT2D eigenvalue weighted by Crippen LogP contribution is 2.28. The molecule has 0 radical (unpaired) electrons. The standard InChI is InChI=1S/C10H6F3NO2/c1-16-9(15)3-2-8-6-7(4-5-14-8)10(11,12)13/h4-6H,1H3. The van der Waals surface area contributed by atoms with Gasteiger partial charge in [0.2, 0.25) is 0 Å². The maximum absolute atomic E-state index is 12.3. The lowest BCUT2D eigenvalue weighted by Gasteiger charge is -2.05. The summed E-state index contributed by atoms with van der Waals surface area (Å²) in [7, 11) is 1.12. The molecule has 1 aromatic rings. The summed E-state index contributed by atoms with van der Waals surface area (Å²) in [4.78, 5) is 14.2.